The van der Waals surface area contributed by atoms with Crippen LogP contribution in [0.25, 0.3) is 0 Å². The molecule has 1 aromatic rings. The van der Waals surface area contributed by atoms with Gasteiger partial charge in [0.05, 0.1) is 24.6 Å². The molecule has 11 heteroatoms. The van der Waals surface area contributed by atoms with Gasteiger partial charge in [-0.25, -0.2) is 9.78 Å². The summed E-state index contributed by atoms with van der Waals surface area (Å²) in [5.74, 6) is -2.85. The van der Waals surface area contributed by atoms with Crippen LogP contribution in [0.5, 0.6) is 0 Å². The summed E-state index contributed by atoms with van der Waals surface area (Å²) in [6.07, 6.45) is 4.22. The molecule has 0 aliphatic carbocycles. The minimum atomic E-state index is -1.31. The van der Waals surface area contributed by atoms with Gasteiger partial charge in [0.15, 0.2) is 0 Å². The molecule has 1 heterocycles. The van der Waals surface area contributed by atoms with E-state index in [1.165, 1.54) is 6.33 Å². The SMILES string of the molecule is NCCCCC(C(=O)O)N(C(=O)CN)C(=O)C(N)Cc1c[nH]cn1.[Cu]. The van der Waals surface area contributed by atoms with Gasteiger partial charge in [0.1, 0.15) is 6.04 Å². The number of rotatable bonds is 10. The van der Waals surface area contributed by atoms with Gasteiger partial charge in [0.25, 0.3) is 0 Å². The normalized spacial score (nSPS) is 12.8. The number of carbonyl (C=O) groups is 3. The molecule has 10 nitrogen and oxygen atoms in total. The maximum absolute atomic E-state index is 12.5. The number of carboxylic acids is 1. The molecule has 0 fully saturated rings. The molecule has 1 radical (unpaired) electrons. The average Bonchev–Trinajstić information content (AvgIpc) is 3.05. The average molecular weight is 404 g/mol. The number of unbranched alkanes of at least 4 members (excludes halogenated alkanes) is 1. The summed E-state index contributed by atoms with van der Waals surface area (Å²) >= 11 is 0. The number of amides is 2. The molecule has 0 aromatic carbocycles. The molecule has 0 aliphatic heterocycles. The maximum Gasteiger partial charge on any atom is 0.326 e. The molecule has 0 aliphatic rings. The molecule has 2 amide bonds. The van der Waals surface area contributed by atoms with Gasteiger partial charge in [-0.05, 0) is 25.8 Å². The zero-order chi connectivity index (χ0) is 18.1. The van der Waals surface area contributed by atoms with Crippen molar-refractivity contribution < 1.29 is 36.6 Å². The standard InChI is InChI=1S/C14H24N6O4.Cu/c15-4-2-1-3-11(14(23)24)20(12(21)6-16)13(22)10(17)5-9-7-18-8-19-9;/h7-8,10-11H,1-6,15-17H2,(H,18,19)(H,23,24);. The molecule has 2 unspecified atom stereocenters. The summed E-state index contributed by atoms with van der Waals surface area (Å²) in [7, 11) is 0. The number of hydrogen-bond donors (Lipinski definition) is 5. The Morgan fingerprint density at radius 1 is 1.28 bits per heavy atom. The van der Waals surface area contributed by atoms with Gasteiger partial charge in [-0.3, -0.25) is 14.5 Å². The first kappa shape index (κ1) is 23.2. The van der Waals surface area contributed by atoms with Crippen molar-refractivity contribution in [1.82, 2.24) is 14.9 Å². The molecule has 145 valence electrons. The zero-order valence-corrected chi connectivity index (χ0v) is 14.6. The van der Waals surface area contributed by atoms with Crippen LogP contribution in [-0.2, 0) is 37.9 Å². The van der Waals surface area contributed by atoms with Gasteiger partial charge in [0.2, 0.25) is 11.8 Å². The van der Waals surface area contributed by atoms with E-state index in [-0.39, 0.29) is 29.9 Å². The first-order chi connectivity index (χ1) is 11.4. The third kappa shape index (κ3) is 6.92. The van der Waals surface area contributed by atoms with E-state index in [0.29, 0.717) is 30.0 Å². The van der Waals surface area contributed by atoms with Crippen LogP contribution in [0.4, 0.5) is 0 Å². The Hall–Kier alpha value is -1.78. The number of nitrogens with two attached hydrogens (primary N) is 3. The Labute approximate surface area is 156 Å². The van der Waals surface area contributed by atoms with Crippen LogP contribution in [0.15, 0.2) is 12.5 Å². The monoisotopic (exact) mass is 403 g/mol. The molecule has 1 rings (SSSR count). The zero-order valence-electron chi connectivity index (χ0n) is 13.7. The molecular formula is C14H24CuN6O4. The number of nitrogens with one attached hydrogen (secondary N) is 1. The Bertz CT molecular complexity index is 554. The smallest absolute Gasteiger partial charge is 0.326 e. The van der Waals surface area contributed by atoms with Crippen LogP contribution in [-0.4, -0.2) is 62.9 Å². The number of H-pyrrole nitrogens is 1. The van der Waals surface area contributed by atoms with Crippen molar-refractivity contribution in [2.75, 3.05) is 13.1 Å². The van der Waals surface area contributed by atoms with E-state index in [9.17, 15) is 19.5 Å². The van der Waals surface area contributed by atoms with Crippen molar-refractivity contribution in [1.29, 1.82) is 0 Å². The third-order valence-electron chi connectivity index (χ3n) is 3.51. The largest absolute Gasteiger partial charge is 0.480 e. The number of carbonyl (C=O) groups excluding carboxylic acids is 2. The number of aliphatic carboxylic acids is 1. The van der Waals surface area contributed by atoms with Crippen molar-refractivity contribution >= 4 is 17.8 Å². The summed E-state index contributed by atoms with van der Waals surface area (Å²) in [6.45, 7) is -0.0919. The van der Waals surface area contributed by atoms with Crippen LogP contribution in [0.1, 0.15) is 25.0 Å². The van der Waals surface area contributed by atoms with E-state index in [0.717, 1.165) is 0 Å². The number of carboxylic acid groups (broad SMARTS) is 1. The van der Waals surface area contributed by atoms with E-state index in [1.54, 1.807) is 6.20 Å². The summed E-state index contributed by atoms with van der Waals surface area (Å²) < 4.78 is 0. The second-order valence-electron chi connectivity index (χ2n) is 5.32. The molecule has 0 saturated carbocycles. The van der Waals surface area contributed by atoms with Gasteiger partial charge < -0.3 is 27.3 Å². The number of imidazole rings is 1. The van der Waals surface area contributed by atoms with Gasteiger partial charge in [0, 0.05) is 29.7 Å². The van der Waals surface area contributed by atoms with E-state index < -0.39 is 36.4 Å². The van der Waals surface area contributed by atoms with Gasteiger partial charge in [-0.15, -0.1) is 0 Å². The molecule has 1 aromatic heterocycles. The van der Waals surface area contributed by atoms with Crippen LogP contribution in [0, 0.1) is 0 Å². The van der Waals surface area contributed by atoms with E-state index in [4.69, 9.17) is 17.2 Å². The van der Waals surface area contributed by atoms with E-state index >= 15 is 0 Å². The quantitative estimate of drug-likeness (QED) is 0.223. The van der Waals surface area contributed by atoms with Crippen LogP contribution in [0.3, 0.4) is 0 Å². The first-order valence-corrected chi connectivity index (χ1v) is 7.64. The molecule has 25 heavy (non-hydrogen) atoms. The van der Waals surface area contributed by atoms with Gasteiger partial charge in [-0.1, -0.05) is 0 Å². The summed E-state index contributed by atoms with van der Waals surface area (Å²) in [4.78, 5) is 43.5. The third-order valence-corrected chi connectivity index (χ3v) is 3.51. The van der Waals surface area contributed by atoms with Crippen molar-refractivity contribution in [3.05, 3.63) is 18.2 Å². The van der Waals surface area contributed by atoms with Crippen LogP contribution >= 0.6 is 0 Å². The predicted octanol–water partition coefficient (Wildman–Crippen LogP) is -1.83. The van der Waals surface area contributed by atoms with E-state index in [1.807, 2.05) is 0 Å². The Kier molecular flexibility index (Phi) is 10.9. The fraction of sp³-hybridized carbons (Fsp3) is 0.571. The topological polar surface area (TPSA) is 181 Å². The molecule has 0 spiro atoms. The number of imide groups is 1. The fourth-order valence-corrected chi connectivity index (χ4v) is 2.29. The van der Waals surface area contributed by atoms with Crippen molar-refractivity contribution in [2.45, 2.75) is 37.8 Å². The van der Waals surface area contributed by atoms with Crippen molar-refractivity contribution in [2.24, 2.45) is 17.2 Å². The summed E-state index contributed by atoms with van der Waals surface area (Å²) in [5.41, 5.74) is 17.1. The molecule has 2 atom stereocenters. The molecular weight excluding hydrogens is 380 g/mol. The summed E-state index contributed by atoms with van der Waals surface area (Å²) in [5, 5.41) is 9.40. The Morgan fingerprint density at radius 2 is 1.96 bits per heavy atom. The number of hydrogen-bond acceptors (Lipinski definition) is 7. The number of aromatic amines is 1. The Morgan fingerprint density at radius 3 is 2.44 bits per heavy atom. The van der Waals surface area contributed by atoms with Crippen LogP contribution in [0.2, 0.25) is 0 Å². The second kappa shape index (κ2) is 11.7. The summed E-state index contributed by atoms with van der Waals surface area (Å²) in [6, 6.07) is -2.41. The van der Waals surface area contributed by atoms with Crippen LogP contribution < -0.4 is 17.2 Å². The van der Waals surface area contributed by atoms with Gasteiger partial charge >= 0.3 is 5.97 Å². The van der Waals surface area contributed by atoms with Gasteiger partial charge in [-0.2, -0.15) is 0 Å². The Balaban J connectivity index is 0.00000576. The maximum atomic E-state index is 12.5. The number of aromatic nitrogens is 2. The first-order valence-electron chi connectivity index (χ1n) is 7.64. The number of nitrogens with zero attached hydrogens (tertiary/aromatic N) is 2. The minimum Gasteiger partial charge on any atom is -0.480 e. The molecule has 0 bridgehead atoms. The van der Waals surface area contributed by atoms with Crippen molar-refractivity contribution in [3.8, 4) is 0 Å². The predicted molar refractivity (Wildman–Crippen MR) is 85.5 cm³/mol. The minimum absolute atomic E-state index is 0. The van der Waals surface area contributed by atoms with Crippen molar-refractivity contribution in [3.63, 3.8) is 0 Å². The molecule has 8 N–H and O–H groups in total. The fourth-order valence-electron chi connectivity index (χ4n) is 2.29. The second-order valence-corrected chi connectivity index (χ2v) is 5.32. The molecule has 0 saturated heterocycles. The van der Waals surface area contributed by atoms with E-state index in [2.05, 4.69) is 9.97 Å².